The normalized spacial score (nSPS) is 19.9. The van der Waals surface area contributed by atoms with Crippen molar-refractivity contribution in [2.24, 2.45) is 0 Å². The van der Waals surface area contributed by atoms with Crippen LogP contribution >= 0.6 is 0 Å². The Morgan fingerprint density at radius 2 is 0.971 bits per heavy atom. The highest BCUT2D eigenvalue weighted by atomic mass is 16.6. The Kier molecular flexibility index (Phi) is 6.47. The molecule has 0 spiro atoms. The molecule has 6 nitrogen and oxygen atoms in total. The molecule has 2 heterocycles. The molecule has 0 bridgehead atoms. The predicted molar refractivity (Wildman–Crippen MR) is 128 cm³/mol. The molecule has 0 aliphatic carbocycles. The molecule has 2 fully saturated rings. The molecule has 2 atom stereocenters. The van der Waals surface area contributed by atoms with E-state index >= 15 is 0 Å². The number of nitrogens with zero attached hydrogens (tertiary/aromatic N) is 2. The van der Waals surface area contributed by atoms with Crippen LogP contribution in [-0.2, 0) is 35.4 Å². The zero-order chi connectivity index (χ0) is 23.3. The zero-order valence-electron chi connectivity index (χ0n) is 19.0. The maximum Gasteiger partial charge on any atom is 0.410 e. The van der Waals surface area contributed by atoms with E-state index < -0.39 is 0 Å². The van der Waals surface area contributed by atoms with Crippen molar-refractivity contribution in [2.75, 3.05) is 13.2 Å². The van der Waals surface area contributed by atoms with Gasteiger partial charge in [-0.1, -0.05) is 84.9 Å². The van der Waals surface area contributed by atoms with Crippen LogP contribution in [0.3, 0.4) is 0 Å². The van der Waals surface area contributed by atoms with Crippen LogP contribution in [0, 0.1) is 0 Å². The van der Waals surface area contributed by atoms with Crippen molar-refractivity contribution < 1.29 is 19.1 Å². The molecule has 5 rings (SSSR count). The van der Waals surface area contributed by atoms with Gasteiger partial charge < -0.3 is 9.47 Å². The van der Waals surface area contributed by atoms with Gasteiger partial charge in [0.2, 0.25) is 0 Å². The highest BCUT2D eigenvalue weighted by molar-refractivity contribution is 5.71. The lowest BCUT2D eigenvalue weighted by Gasteiger charge is -2.25. The van der Waals surface area contributed by atoms with Crippen LogP contribution in [0.25, 0.3) is 0 Å². The lowest BCUT2D eigenvalue weighted by Crippen LogP contribution is -2.36. The minimum Gasteiger partial charge on any atom is -0.447 e. The summed E-state index contributed by atoms with van der Waals surface area (Å²) in [6.07, 6.45) is 0.898. The van der Waals surface area contributed by atoms with Crippen LogP contribution in [0.15, 0.2) is 84.9 Å². The first kappa shape index (κ1) is 22.0. The number of cyclic esters (lactones) is 2. The van der Waals surface area contributed by atoms with E-state index in [1.165, 1.54) is 11.1 Å². The third-order valence-electron chi connectivity index (χ3n) is 6.58. The molecule has 0 aromatic heterocycles. The second kappa shape index (κ2) is 10.00. The summed E-state index contributed by atoms with van der Waals surface area (Å²) in [5.74, 6) is 0. The number of benzene rings is 3. The molecule has 3 aromatic carbocycles. The van der Waals surface area contributed by atoms with E-state index in [2.05, 4.69) is 24.3 Å². The van der Waals surface area contributed by atoms with Gasteiger partial charge in [-0.25, -0.2) is 9.59 Å². The van der Waals surface area contributed by atoms with Crippen molar-refractivity contribution in [1.82, 2.24) is 9.80 Å². The smallest absolute Gasteiger partial charge is 0.410 e. The molecule has 0 unspecified atom stereocenters. The number of carbonyl (C=O) groups excluding carboxylic acids is 2. The first-order valence-corrected chi connectivity index (χ1v) is 11.7. The van der Waals surface area contributed by atoms with Crippen LogP contribution in [0.2, 0.25) is 0 Å². The van der Waals surface area contributed by atoms with Crippen LogP contribution in [0.4, 0.5) is 9.59 Å². The van der Waals surface area contributed by atoms with Gasteiger partial charge in [0.25, 0.3) is 0 Å². The van der Waals surface area contributed by atoms with Crippen molar-refractivity contribution >= 4 is 12.2 Å². The third kappa shape index (κ3) is 4.91. The lowest BCUT2D eigenvalue weighted by atomic mass is 10.0. The van der Waals surface area contributed by atoms with E-state index in [1.807, 2.05) is 60.7 Å². The summed E-state index contributed by atoms with van der Waals surface area (Å²) in [5, 5.41) is 0. The highest BCUT2D eigenvalue weighted by Gasteiger charge is 2.35. The average Bonchev–Trinajstić information content (AvgIpc) is 3.38. The summed E-state index contributed by atoms with van der Waals surface area (Å²) in [7, 11) is 0. The standard InChI is InChI=1S/C28H28N2O4/c31-27-29(25(19-33-27)15-21-9-3-1-4-10-21)17-23-13-7-8-14-24(23)18-30-26(20-34-28(30)32)16-22-11-5-2-6-12-22/h1-14,25-26H,15-20H2/t25-,26-/m0/s1. The van der Waals surface area contributed by atoms with Gasteiger partial charge in [-0.15, -0.1) is 0 Å². The predicted octanol–water partition coefficient (Wildman–Crippen LogP) is 4.81. The second-order valence-electron chi connectivity index (χ2n) is 8.87. The summed E-state index contributed by atoms with van der Waals surface area (Å²) in [6, 6.07) is 28.2. The average molecular weight is 457 g/mol. The second-order valence-corrected chi connectivity index (χ2v) is 8.87. The Balaban J connectivity index is 1.32. The maximum atomic E-state index is 12.6. The van der Waals surface area contributed by atoms with Crippen LogP contribution in [0.1, 0.15) is 22.3 Å². The Labute approximate surface area is 199 Å². The Bertz CT molecular complexity index is 1040. The SMILES string of the molecule is O=C1OC[C@H](Cc2ccccc2)N1Cc1ccccc1CN1C(=O)OC[C@@H]1Cc1ccccc1. The van der Waals surface area contributed by atoms with Gasteiger partial charge in [-0.3, -0.25) is 9.80 Å². The van der Waals surface area contributed by atoms with Gasteiger partial charge in [0, 0.05) is 13.1 Å². The van der Waals surface area contributed by atoms with E-state index in [0.717, 1.165) is 24.0 Å². The van der Waals surface area contributed by atoms with E-state index in [-0.39, 0.29) is 24.3 Å². The fourth-order valence-electron chi connectivity index (χ4n) is 4.71. The minimum atomic E-state index is -0.293. The van der Waals surface area contributed by atoms with E-state index in [4.69, 9.17) is 9.47 Å². The Morgan fingerprint density at radius 1 is 0.588 bits per heavy atom. The fraction of sp³-hybridized carbons (Fsp3) is 0.286. The molecular weight excluding hydrogens is 428 g/mol. The van der Waals surface area contributed by atoms with Gasteiger partial charge in [0.15, 0.2) is 0 Å². The van der Waals surface area contributed by atoms with Crippen LogP contribution < -0.4 is 0 Å². The van der Waals surface area contributed by atoms with Gasteiger partial charge in [0.05, 0.1) is 12.1 Å². The van der Waals surface area contributed by atoms with E-state index in [1.54, 1.807) is 9.80 Å². The van der Waals surface area contributed by atoms with Crippen molar-refractivity contribution in [1.29, 1.82) is 0 Å². The highest BCUT2D eigenvalue weighted by Crippen LogP contribution is 2.25. The van der Waals surface area contributed by atoms with Crippen molar-refractivity contribution in [3.8, 4) is 0 Å². The number of ether oxygens (including phenoxy) is 2. The van der Waals surface area contributed by atoms with Gasteiger partial charge in [0.1, 0.15) is 13.2 Å². The number of hydrogen-bond donors (Lipinski definition) is 0. The molecule has 34 heavy (non-hydrogen) atoms. The molecule has 174 valence electrons. The van der Waals surface area contributed by atoms with Crippen molar-refractivity contribution in [3.05, 3.63) is 107 Å². The summed E-state index contributed by atoms with van der Waals surface area (Å²) in [6.45, 7) is 1.65. The van der Waals surface area contributed by atoms with E-state index in [0.29, 0.717) is 26.3 Å². The molecule has 0 N–H and O–H groups in total. The Morgan fingerprint density at radius 3 is 1.38 bits per heavy atom. The Hall–Kier alpha value is -3.80. The van der Waals surface area contributed by atoms with Gasteiger partial charge in [-0.05, 0) is 35.1 Å². The first-order chi connectivity index (χ1) is 16.7. The number of carbonyl (C=O) groups is 2. The van der Waals surface area contributed by atoms with Crippen molar-refractivity contribution in [2.45, 2.75) is 38.0 Å². The van der Waals surface area contributed by atoms with Crippen LogP contribution in [-0.4, -0.2) is 47.3 Å². The number of hydrogen-bond acceptors (Lipinski definition) is 4. The molecule has 0 saturated carbocycles. The molecule has 2 aliphatic rings. The third-order valence-corrected chi connectivity index (χ3v) is 6.58. The molecule has 6 heteroatoms. The van der Waals surface area contributed by atoms with Crippen LogP contribution in [0.5, 0.6) is 0 Å². The monoisotopic (exact) mass is 456 g/mol. The molecule has 2 saturated heterocycles. The van der Waals surface area contributed by atoms with E-state index in [9.17, 15) is 9.59 Å². The largest absolute Gasteiger partial charge is 0.447 e. The van der Waals surface area contributed by atoms with Gasteiger partial charge >= 0.3 is 12.2 Å². The number of rotatable bonds is 8. The minimum absolute atomic E-state index is 0.0227. The van der Waals surface area contributed by atoms with Crippen molar-refractivity contribution in [3.63, 3.8) is 0 Å². The molecule has 2 amide bonds. The summed E-state index contributed by atoms with van der Waals surface area (Å²) >= 11 is 0. The molecule has 2 aliphatic heterocycles. The summed E-state index contributed by atoms with van der Waals surface area (Å²) < 4.78 is 10.8. The topological polar surface area (TPSA) is 59.1 Å². The molecular formula is C28H28N2O4. The first-order valence-electron chi connectivity index (χ1n) is 11.7. The van der Waals surface area contributed by atoms with Gasteiger partial charge in [-0.2, -0.15) is 0 Å². The molecule has 0 radical (unpaired) electrons. The fourth-order valence-corrected chi connectivity index (χ4v) is 4.71. The number of amides is 2. The summed E-state index contributed by atoms with van der Waals surface area (Å²) in [4.78, 5) is 28.7. The maximum absolute atomic E-state index is 12.6. The zero-order valence-corrected chi connectivity index (χ0v) is 19.0. The summed E-state index contributed by atoms with van der Waals surface area (Å²) in [5.41, 5.74) is 4.37. The quantitative estimate of drug-likeness (QED) is 0.488. The lowest BCUT2D eigenvalue weighted by molar-refractivity contribution is 0.153. The molecule has 3 aromatic rings.